The zero-order chi connectivity index (χ0) is 80.0. The normalized spacial score (nSPS) is 32.2. The molecule has 0 aromatic heterocycles. The number of fused-ring (bicyclic) bond motifs is 19. The number of aliphatic hydroxyl groups excluding tert-OH is 6. The van der Waals surface area contributed by atoms with Gasteiger partial charge < -0.3 is 143 Å². The van der Waals surface area contributed by atoms with Crippen LogP contribution in [0.4, 0.5) is 0 Å². The number of nitrogens with two attached hydrogens (primary N) is 3. The Hall–Kier alpha value is -9.61. The molecule has 0 spiro atoms. The monoisotopic (exact) mass is 1560 g/mol. The van der Waals surface area contributed by atoms with Gasteiger partial charge in [0.1, 0.15) is 89.5 Å². The molecule has 0 aliphatic carbocycles. The Bertz CT molecular complexity index is 4360. The Kier molecular flexibility index (Phi) is 24.2. The Morgan fingerprint density at radius 3 is 1.93 bits per heavy atom. The van der Waals surface area contributed by atoms with Crippen LogP contribution in [0.3, 0.4) is 0 Å². The summed E-state index contributed by atoms with van der Waals surface area (Å²) in [4.78, 5) is 120. The maximum absolute atomic E-state index is 16.3. The van der Waals surface area contributed by atoms with Gasteiger partial charge in [0, 0.05) is 46.7 Å². The van der Waals surface area contributed by atoms with Gasteiger partial charge in [-0.1, -0.05) is 49.7 Å². The van der Waals surface area contributed by atoms with Crippen molar-refractivity contribution in [2.45, 2.75) is 201 Å². The van der Waals surface area contributed by atoms with Crippen LogP contribution in [0.15, 0.2) is 84.9 Å². The van der Waals surface area contributed by atoms with E-state index < -0.39 is 250 Å². The van der Waals surface area contributed by atoms with Gasteiger partial charge in [0.15, 0.2) is 36.2 Å². The number of phenols is 3. The predicted molar refractivity (Wildman–Crippen MR) is 381 cm³/mol. The molecular weight excluding hydrogens is 1470 g/mol. The zero-order valence-electron chi connectivity index (χ0n) is 60.4. The van der Waals surface area contributed by atoms with Crippen molar-refractivity contribution in [3.8, 4) is 57.1 Å². The molecule has 37 heteroatoms. The second-order valence-corrected chi connectivity index (χ2v) is 29.5. The summed E-state index contributed by atoms with van der Waals surface area (Å²) in [6.07, 6.45) is -22.7. The van der Waals surface area contributed by atoms with Crippen molar-refractivity contribution in [2.75, 3.05) is 13.7 Å². The zero-order valence-corrected chi connectivity index (χ0v) is 61.1. The van der Waals surface area contributed by atoms with E-state index in [2.05, 4.69) is 37.2 Å². The van der Waals surface area contributed by atoms with Crippen LogP contribution in [-0.2, 0) is 62.0 Å². The van der Waals surface area contributed by atoms with E-state index in [0.717, 1.165) is 48.5 Å². The van der Waals surface area contributed by atoms with Crippen molar-refractivity contribution in [3.63, 3.8) is 0 Å². The maximum Gasteiger partial charge on any atom is 0.330 e. The lowest BCUT2D eigenvalue weighted by molar-refractivity contribution is -0.333. The number of aliphatic carboxylic acids is 1. The van der Waals surface area contributed by atoms with E-state index in [9.17, 15) is 70.2 Å². The molecule has 594 valence electrons. The molecule has 7 aliphatic rings. The average molecular weight is 1560 g/mol. The topological polar surface area (TPSA) is 575 Å². The number of carbonyl (C=O) groups is 8. The van der Waals surface area contributed by atoms with E-state index in [1.165, 1.54) is 71.1 Å². The average Bonchev–Trinajstić information content (AvgIpc) is 0.900. The van der Waals surface area contributed by atoms with Crippen molar-refractivity contribution in [2.24, 2.45) is 23.1 Å². The van der Waals surface area contributed by atoms with Crippen molar-refractivity contribution < 1.29 is 127 Å². The van der Waals surface area contributed by atoms with Gasteiger partial charge >= 0.3 is 5.97 Å². The Morgan fingerprint density at radius 2 is 1.31 bits per heavy atom. The number of rotatable bonds is 15. The fourth-order valence-corrected chi connectivity index (χ4v) is 14.5. The number of amides is 7. The fraction of sp³-hybridized carbons (Fsp3) is 0.479. The SMILES string of the molecule is CN[C@@H](CC(C)C)C(=O)N[C@H]1C(=O)N[C@@H](CC(N)=O)C(=O)N[C@H]2C(=O)N[C@H]3C(=O)N[C@H](C(=O)N[C@H](C(=O)O)c4cc(O)cc(O)c4-c4cc3ccc4O)[C@H](O[C@H]3C[C@@](C)(N)[C@@H](O)[C@@H](C)O3)c3cccc(c3)Oc3cc2cc(c3O[C@@H]2O[C@@H](CO)[C@H](O)[C@@H](O)[C@@H]2O[C@H]2C[C@@](C)(N)[C@@H](O)[C@@H](C)O2)Oc2ccc(cc2Cl)[C@H]1O. The van der Waals surface area contributed by atoms with Gasteiger partial charge in [0.05, 0.1) is 48.5 Å². The highest BCUT2D eigenvalue weighted by Gasteiger charge is 2.52. The minimum Gasteiger partial charge on any atom is -0.508 e. The van der Waals surface area contributed by atoms with Crippen molar-refractivity contribution in [1.29, 1.82) is 0 Å². The fourth-order valence-electron chi connectivity index (χ4n) is 14.2. The van der Waals surface area contributed by atoms with Crippen LogP contribution in [0.25, 0.3) is 11.1 Å². The van der Waals surface area contributed by atoms with Crippen LogP contribution in [0.2, 0.25) is 5.02 Å². The summed E-state index contributed by atoms with van der Waals surface area (Å²) in [7, 11) is 1.48. The third-order valence-electron chi connectivity index (χ3n) is 20.0. The number of carbonyl (C=O) groups excluding carboxylic acids is 7. The molecule has 23 N–H and O–H groups in total. The second kappa shape index (κ2) is 32.8. The largest absolute Gasteiger partial charge is 0.508 e. The summed E-state index contributed by atoms with van der Waals surface area (Å²) in [5.41, 5.74) is 13.5. The molecule has 7 heterocycles. The number of benzene rings is 5. The highest BCUT2D eigenvalue weighted by Crippen LogP contribution is 2.50. The number of carboxylic acids is 1. The first-order valence-electron chi connectivity index (χ1n) is 35.2. The molecule has 12 rings (SSSR count). The van der Waals surface area contributed by atoms with Gasteiger partial charge in [-0.2, -0.15) is 0 Å². The van der Waals surface area contributed by atoms with E-state index >= 15 is 19.2 Å². The minimum atomic E-state index is -2.34. The smallest absolute Gasteiger partial charge is 0.330 e. The number of carboxylic acid groups (broad SMARTS) is 1. The van der Waals surface area contributed by atoms with E-state index in [1.807, 2.05) is 13.8 Å². The molecule has 5 aromatic rings. The van der Waals surface area contributed by atoms with Crippen LogP contribution >= 0.6 is 11.6 Å². The molecule has 0 radical (unpaired) electrons. The van der Waals surface area contributed by atoms with E-state index in [0.29, 0.717) is 0 Å². The van der Waals surface area contributed by atoms with Crippen LogP contribution in [0.1, 0.15) is 125 Å². The minimum absolute atomic E-state index is 0.104. The van der Waals surface area contributed by atoms with Crippen LogP contribution < -0.4 is 68.6 Å². The van der Waals surface area contributed by atoms with Crippen molar-refractivity contribution in [3.05, 3.63) is 118 Å². The highest BCUT2D eigenvalue weighted by atomic mass is 35.5. The number of aliphatic hydroxyl groups is 6. The molecular formula is C73H89ClN10O26. The number of phenolic OH excluding ortho intramolecular Hbond substituents is 3. The molecule has 110 heavy (non-hydrogen) atoms. The van der Waals surface area contributed by atoms with E-state index in [-0.39, 0.29) is 58.4 Å². The lowest BCUT2D eigenvalue weighted by Gasteiger charge is -2.47. The van der Waals surface area contributed by atoms with Gasteiger partial charge in [0.2, 0.25) is 53.4 Å². The van der Waals surface area contributed by atoms with E-state index in [4.69, 9.17) is 66.7 Å². The number of halogens is 1. The number of ether oxygens (including phenoxy) is 8. The molecule has 3 saturated heterocycles. The lowest BCUT2D eigenvalue weighted by Crippen LogP contribution is -2.64. The summed E-state index contributed by atoms with van der Waals surface area (Å²) in [5, 5.41) is 132. The second-order valence-electron chi connectivity index (χ2n) is 29.1. The van der Waals surface area contributed by atoms with Gasteiger partial charge in [-0.05, 0) is 124 Å². The Morgan fingerprint density at radius 1 is 0.682 bits per heavy atom. The molecule has 11 bridgehead atoms. The summed E-state index contributed by atoms with van der Waals surface area (Å²) in [6, 6.07) is 1.50. The lowest BCUT2D eigenvalue weighted by atomic mass is 9.86. The van der Waals surface area contributed by atoms with E-state index in [1.54, 1.807) is 0 Å². The standard InChI is InChI=1S/C73H89ClN10O26/c1-27(2)15-39(78-7)64(95)83-54-56(90)31-12-14-43(38(74)18-31)106-45-20-33-19-44(60(45)110-71-61(58(92)57(91)46(26-85)107-71)109-49-25-73(6,77)63(94)29(4)104-49)105-35-10-8-9-32(16-35)59(108-48-24-72(5,76)62(93)28(3)103-48)55-69(100)82-53(70(101)102)37-21-34(86)22-42(88)50(37)36-17-30(11-13-41(36)87)51(66(97)84-55)81-67(98)52(33)80-65(96)40(23-47(75)89)79-68(54)99/h8-14,16-22,27-29,39-40,46,48-49,51-59,61-63,71,78,85-88,90-94H,15,23-26,76-77H2,1-7H3,(H2,75,89)(H,79,99)(H,80,96)(H,81,98)(H,82,100)(H,83,95)(H,84,97)(H,101,102)/t28-,29-,39+,40+,46+,48+,49+,51-,52-,53+,54-,55+,56-,57+,58-,59-,61+,62+,63+,71+,72-,73-/m1/s1. The summed E-state index contributed by atoms with van der Waals surface area (Å²) in [6.45, 7) is 8.62. The molecule has 36 nitrogen and oxygen atoms in total. The first-order valence-corrected chi connectivity index (χ1v) is 35.6. The van der Waals surface area contributed by atoms with Crippen molar-refractivity contribution >= 4 is 58.9 Å². The number of nitrogens with one attached hydrogen (secondary N) is 7. The Balaban J connectivity index is 1.19. The predicted octanol–water partition coefficient (Wildman–Crippen LogP) is -0.310. The van der Waals surface area contributed by atoms with Gasteiger partial charge in [-0.3, -0.25) is 33.6 Å². The molecule has 0 unspecified atom stereocenters. The molecule has 3 fully saturated rings. The first-order chi connectivity index (χ1) is 51.8. The summed E-state index contributed by atoms with van der Waals surface area (Å²) >= 11 is 7.15. The third-order valence-corrected chi connectivity index (χ3v) is 20.3. The van der Waals surface area contributed by atoms with Gasteiger partial charge in [-0.25, -0.2) is 4.79 Å². The van der Waals surface area contributed by atoms with Crippen LogP contribution in [0, 0.1) is 5.92 Å². The third kappa shape index (κ3) is 17.3. The number of primary amides is 1. The number of aromatic hydroxyl groups is 3. The summed E-state index contributed by atoms with van der Waals surface area (Å²) in [5.74, 6) is -15.7. The highest BCUT2D eigenvalue weighted by molar-refractivity contribution is 6.32. The molecule has 5 aromatic carbocycles. The number of hydrogen-bond donors (Lipinski definition) is 20. The Labute approximate surface area is 633 Å². The van der Waals surface area contributed by atoms with Crippen LogP contribution in [-0.4, -0.2) is 215 Å². The van der Waals surface area contributed by atoms with Crippen molar-refractivity contribution in [1.82, 2.24) is 37.2 Å². The first kappa shape index (κ1) is 81.4. The molecule has 0 saturated carbocycles. The van der Waals surface area contributed by atoms with Gasteiger partial charge in [0.25, 0.3) is 0 Å². The number of hydrogen-bond acceptors (Lipinski definition) is 28. The van der Waals surface area contributed by atoms with Gasteiger partial charge in [-0.15, -0.1) is 0 Å². The van der Waals surface area contributed by atoms with Crippen LogP contribution in [0.5, 0.6) is 46.0 Å². The molecule has 7 aliphatic heterocycles. The molecule has 7 amide bonds. The quantitative estimate of drug-likeness (QED) is 0.0639. The number of likely N-dealkylation sites (N-methyl/N-ethyl adjacent to an activating group) is 1. The molecule has 22 atom stereocenters. The maximum atomic E-state index is 16.3. The summed E-state index contributed by atoms with van der Waals surface area (Å²) < 4.78 is 52.0.